The van der Waals surface area contributed by atoms with E-state index in [4.69, 9.17) is 9.47 Å². The number of esters is 1. The van der Waals surface area contributed by atoms with Crippen LogP contribution in [0.1, 0.15) is 107 Å². The van der Waals surface area contributed by atoms with Gasteiger partial charge in [0.05, 0.1) is 24.4 Å². The number of aliphatic hydroxyl groups is 4. The molecule has 0 amide bonds. The summed E-state index contributed by atoms with van der Waals surface area (Å²) < 4.78 is 12.2. The van der Waals surface area contributed by atoms with E-state index in [-0.39, 0.29) is 71.8 Å². The zero-order valence-electron chi connectivity index (χ0n) is 28.4. The molecule has 8 nitrogen and oxygen atoms in total. The standard InChI is InChI=1S/C36H60O8/c1-9-10-29(38)23(5)32-20(2)15-22(4)36(42,44-32)24(6)33(40)43-19-21(3)26-11-13-34(7)17-27-25(18-37)16-30(39)31(27)35(8,41)14-12-28(26)34/h12,20-27,30-32,37,39,41-42H,9-11,13-19H2,1-8H3/b28-12-/t20-,21-,22-,23-,24-,25+,26-,27-,30-,31+,32+,34-,35+,36-/m1/s1. The molecule has 4 N–H and O–H groups in total. The van der Waals surface area contributed by atoms with Crippen molar-refractivity contribution < 1.29 is 39.5 Å². The van der Waals surface area contributed by atoms with Gasteiger partial charge in [0.25, 0.3) is 0 Å². The van der Waals surface area contributed by atoms with Gasteiger partial charge in [-0.15, -0.1) is 0 Å². The molecule has 14 atom stereocenters. The van der Waals surface area contributed by atoms with Crippen LogP contribution in [0.5, 0.6) is 0 Å². The van der Waals surface area contributed by atoms with E-state index in [1.165, 1.54) is 5.57 Å². The zero-order valence-corrected chi connectivity index (χ0v) is 28.4. The number of Topliss-reactive ketones (excluding diaryl/α,β-unsaturated/α-hetero) is 1. The molecule has 0 aromatic rings. The number of hydrogen-bond acceptors (Lipinski definition) is 8. The van der Waals surface area contributed by atoms with Crippen LogP contribution in [0.4, 0.5) is 0 Å². The van der Waals surface area contributed by atoms with Crippen molar-refractivity contribution in [2.24, 2.45) is 58.7 Å². The topological polar surface area (TPSA) is 134 Å². The fourth-order valence-corrected chi connectivity index (χ4v) is 9.71. The Morgan fingerprint density at radius 3 is 2.45 bits per heavy atom. The third-order valence-electron chi connectivity index (χ3n) is 12.5. The molecule has 0 bridgehead atoms. The van der Waals surface area contributed by atoms with Crippen molar-refractivity contribution in [3.8, 4) is 0 Å². The highest BCUT2D eigenvalue weighted by atomic mass is 16.6. The van der Waals surface area contributed by atoms with Crippen molar-refractivity contribution in [2.75, 3.05) is 13.2 Å². The number of aliphatic hydroxyl groups excluding tert-OH is 2. The van der Waals surface area contributed by atoms with Gasteiger partial charge in [-0.05, 0) is 93.8 Å². The van der Waals surface area contributed by atoms with Crippen LogP contribution >= 0.6 is 0 Å². The Kier molecular flexibility index (Phi) is 10.8. The van der Waals surface area contributed by atoms with Gasteiger partial charge in [0, 0.05) is 30.8 Å². The van der Waals surface area contributed by atoms with Crippen molar-refractivity contribution in [3.05, 3.63) is 11.6 Å². The first-order valence-corrected chi connectivity index (χ1v) is 17.3. The average molecular weight is 621 g/mol. The van der Waals surface area contributed by atoms with Gasteiger partial charge in [-0.25, -0.2) is 0 Å². The van der Waals surface area contributed by atoms with Crippen molar-refractivity contribution >= 4 is 11.8 Å². The van der Waals surface area contributed by atoms with E-state index in [1.54, 1.807) is 6.92 Å². The van der Waals surface area contributed by atoms with Gasteiger partial charge < -0.3 is 29.9 Å². The summed E-state index contributed by atoms with van der Waals surface area (Å²) in [6.07, 6.45) is 6.65. The maximum Gasteiger partial charge on any atom is 0.314 e. The maximum atomic E-state index is 13.4. The fraction of sp³-hybridized carbons (Fsp3) is 0.889. The predicted octanol–water partition coefficient (Wildman–Crippen LogP) is 5.05. The monoisotopic (exact) mass is 620 g/mol. The van der Waals surface area contributed by atoms with Gasteiger partial charge in [-0.1, -0.05) is 53.2 Å². The van der Waals surface area contributed by atoms with Gasteiger partial charge in [-0.2, -0.15) is 0 Å². The maximum absolute atomic E-state index is 13.4. The molecule has 3 fully saturated rings. The van der Waals surface area contributed by atoms with E-state index >= 15 is 0 Å². The molecule has 44 heavy (non-hydrogen) atoms. The molecule has 0 spiro atoms. The summed E-state index contributed by atoms with van der Waals surface area (Å²) in [5.74, 6) is -3.65. The molecule has 0 aromatic heterocycles. The molecule has 3 aliphatic carbocycles. The van der Waals surface area contributed by atoms with Crippen LogP contribution in [0.25, 0.3) is 0 Å². The molecule has 252 valence electrons. The Bertz CT molecular complexity index is 1070. The lowest BCUT2D eigenvalue weighted by Crippen LogP contribution is -2.57. The lowest BCUT2D eigenvalue weighted by Gasteiger charge is -2.48. The zero-order chi connectivity index (χ0) is 32.8. The summed E-state index contributed by atoms with van der Waals surface area (Å²) >= 11 is 0. The van der Waals surface area contributed by atoms with E-state index < -0.39 is 35.5 Å². The first kappa shape index (κ1) is 35.5. The van der Waals surface area contributed by atoms with Crippen molar-refractivity contribution in [1.29, 1.82) is 0 Å². The highest BCUT2D eigenvalue weighted by Gasteiger charge is 2.56. The summed E-state index contributed by atoms with van der Waals surface area (Å²) in [4.78, 5) is 26.1. The van der Waals surface area contributed by atoms with E-state index in [2.05, 4.69) is 19.9 Å². The molecular formula is C36H60O8. The molecule has 0 radical (unpaired) electrons. The minimum atomic E-state index is -1.72. The minimum Gasteiger partial charge on any atom is -0.465 e. The summed E-state index contributed by atoms with van der Waals surface area (Å²) in [5, 5.41) is 44.2. The number of hydrogen-bond donors (Lipinski definition) is 4. The highest BCUT2D eigenvalue weighted by molar-refractivity contribution is 5.81. The van der Waals surface area contributed by atoms with Crippen LogP contribution < -0.4 is 0 Å². The van der Waals surface area contributed by atoms with Crippen LogP contribution in [-0.2, 0) is 19.1 Å². The number of carbonyl (C=O) groups is 2. The number of fused-ring (bicyclic) bond motifs is 2. The third-order valence-corrected chi connectivity index (χ3v) is 12.5. The molecule has 1 saturated heterocycles. The number of rotatable bonds is 10. The van der Waals surface area contributed by atoms with Crippen LogP contribution in [0.2, 0.25) is 0 Å². The minimum absolute atomic E-state index is 0.0136. The lowest BCUT2D eigenvalue weighted by molar-refractivity contribution is -0.318. The average Bonchev–Trinajstić information content (AvgIpc) is 3.46. The van der Waals surface area contributed by atoms with Crippen molar-refractivity contribution in [2.45, 2.75) is 130 Å². The van der Waals surface area contributed by atoms with E-state index in [0.29, 0.717) is 25.7 Å². The number of carbonyl (C=O) groups excluding carboxylic acids is 2. The van der Waals surface area contributed by atoms with E-state index in [1.807, 2.05) is 34.6 Å². The first-order chi connectivity index (χ1) is 20.5. The summed E-state index contributed by atoms with van der Waals surface area (Å²) in [6, 6.07) is 0. The Labute approximate surface area is 265 Å². The molecule has 0 aromatic carbocycles. The Morgan fingerprint density at radius 1 is 1.14 bits per heavy atom. The first-order valence-electron chi connectivity index (χ1n) is 17.3. The van der Waals surface area contributed by atoms with E-state index in [0.717, 1.165) is 25.7 Å². The highest BCUT2D eigenvalue weighted by Crippen LogP contribution is 2.59. The number of ketones is 1. The van der Waals surface area contributed by atoms with Gasteiger partial charge in [-0.3, -0.25) is 9.59 Å². The molecule has 0 unspecified atom stereocenters. The smallest absolute Gasteiger partial charge is 0.314 e. The summed E-state index contributed by atoms with van der Waals surface area (Å²) in [5.41, 5.74) is 0.114. The summed E-state index contributed by atoms with van der Waals surface area (Å²) in [7, 11) is 0. The third kappa shape index (κ3) is 6.58. The largest absolute Gasteiger partial charge is 0.465 e. The normalized spacial score (nSPS) is 45.6. The van der Waals surface area contributed by atoms with Gasteiger partial charge in [0.2, 0.25) is 0 Å². The second-order valence-corrected chi connectivity index (χ2v) is 15.8. The lowest BCUT2D eigenvalue weighted by atomic mass is 9.64. The van der Waals surface area contributed by atoms with Gasteiger partial charge >= 0.3 is 5.97 Å². The molecule has 2 saturated carbocycles. The fourth-order valence-electron chi connectivity index (χ4n) is 9.71. The van der Waals surface area contributed by atoms with Crippen LogP contribution in [0.15, 0.2) is 11.6 Å². The Morgan fingerprint density at radius 2 is 1.82 bits per heavy atom. The number of allylic oxidation sites excluding steroid dienone is 1. The second kappa shape index (κ2) is 13.4. The van der Waals surface area contributed by atoms with Crippen LogP contribution in [0, 0.1) is 58.7 Å². The Hall–Kier alpha value is -1.32. The van der Waals surface area contributed by atoms with Gasteiger partial charge in [0.15, 0.2) is 5.79 Å². The van der Waals surface area contributed by atoms with Gasteiger partial charge in [0.1, 0.15) is 11.7 Å². The van der Waals surface area contributed by atoms with Crippen LogP contribution in [0.3, 0.4) is 0 Å². The van der Waals surface area contributed by atoms with E-state index in [9.17, 15) is 30.0 Å². The molecule has 1 heterocycles. The second-order valence-electron chi connectivity index (χ2n) is 15.8. The quantitative estimate of drug-likeness (QED) is 0.197. The van der Waals surface area contributed by atoms with Crippen molar-refractivity contribution in [3.63, 3.8) is 0 Å². The van der Waals surface area contributed by atoms with Crippen molar-refractivity contribution in [1.82, 2.24) is 0 Å². The Balaban J connectivity index is 1.44. The molecular weight excluding hydrogens is 560 g/mol. The predicted molar refractivity (Wildman–Crippen MR) is 168 cm³/mol. The molecule has 1 aliphatic heterocycles. The molecule has 8 heteroatoms. The number of ether oxygens (including phenoxy) is 2. The van der Waals surface area contributed by atoms with Crippen LogP contribution in [-0.4, -0.2) is 69.0 Å². The SMILES string of the molecule is CCCC(=O)[C@@H](C)[C@H]1O[C@@](O)([C@H](C)C(=O)OC[C@@H](C)[C@H]2CC[C@]3(C)C[C@@H]4[C@H](CO)C[C@@H](O)[C@H]4[C@@](C)(O)C/C=C/23)[C@H](C)C[C@H]1C. The summed E-state index contributed by atoms with van der Waals surface area (Å²) in [6.45, 7) is 15.8. The molecule has 4 rings (SSSR count). The molecule has 4 aliphatic rings.